The van der Waals surface area contributed by atoms with Crippen molar-refractivity contribution in [3.63, 3.8) is 0 Å². The van der Waals surface area contributed by atoms with Gasteiger partial charge in [0.15, 0.2) is 11.5 Å². The number of carbonyl (C=O) groups excluding carboxylic acids is 1. The number of rotatable bonds is 8. The molecule has 1 amide bonds. The lowest BCUT2D eigenvalue weighted by Crippen LogP contribution is -2.13. The van der Waals surface area contributed by atoms with Gasteiger partial charge in [-0.2, -0.15) is 5.26 Å². The molecular weight excluding hydrogens is 424 g/mol. The Bertz CT molecular complexity index is 902. The number of hydrogen-bond donors (Lipinski definition) is 1. The van der Waals surface area contributed by atoms with Gasteiger partial charge in [0.05, 0.1) is 25.3 Å². The predicted molar refractivity (Wildman–Crippen MR) is 112 cm³/mol. The molecule has 2 aromatic rings. The molecule has 6 nitrogen and oxygen atoms in total. The topological polar surface area (TPSA) is 80.6 Å². The van der Waals surface area contributed by atoms with E-state index < -0.39 is 5.91 Å². The van der Waals surface area contributed by atoms with Crippen LogP contribution in [0.1, 0.15) is 18.9 Å². The summed E-state index contributed by atoms with van der Waals surface area (Å²) in [6, 6.07) is 12.3. The van der Waals surface area contributed by atoms with Crippen molar-refractivity contribution in [2.24, 2.45) is 0 Å². The van der Waals surface area contributed by atoms with Gasteiger partial charge in [0.2, 0.25) is 0 Å². The molecule has 0 aliphatic heterocycles. The maximum atomic E-state index is 12.4. The number of nitrogens with zero attached hydrogens (tertiary/aromatic N) is 1. The summed E-state index contributed by atoms with van der Waals surface area (Å²) in [4.78, 5) is 12.4. The van der Waals surface area contributed by atoms with E-state index in [4.69, 9.17) is 14.2 Å². The maximum absolute atomic E-state index is 12.4. The van der Waals surface area contributed by atoms with Crippen LogP contribution in [0.5, 0.6) is 17.2 Å². The highest BCUT2D eigenvalue weighted by atomic mass is 79.9. The molecule has 0 aliphatic carbocycles. The molecule has 0 aliphatic rings. The van der Waals surface area contributed by atoms with E-state index in [0.717, 1.165) is 6.42 Å². The van der Waals surface area contributed by atoms with E-state index in [1.54, 1.807) is 43.5 Å². The van der Waals surface area contributed by atoms with Crippen LogP contribution in [0.15, 0.2) is 46.4 Å². The molecule has 0 atom stereocenters. The van der Waals surface area contributed by atoms with Crippen LogP contribution in [0, 0.1) is 11.3 Å². The number of nitrogens with one attached hydrogen (secondary N) is 1. The molecular formula is C21H21BrN2O4. The van der Waals surface area contributed by atoms with Crippen molar-refractivity contribution in [3.05, 3.63) is 52.0 Å². The number of nitriles is 1. The van der Waals surface area contributed by atoms with E-state index in [1.807, 2.05) is 13.0 Å². The molecule has 0 spiro atoms. The number of halogens is 1. The van der Waals surface area contributed by atoms with Gasteiger partial charge in [0.1, 0.15) is 17.4 Å². The second-order valence-corrected chi connectivity index (χ2v) is 6.59. The monoisotopic (exact) mass is 444 g/mol. The zero-order valence-electron chi connectivity index (χ0n) is 15.9. The third-order valence-corrected chi connectivity index (χ3v) is 4.32. The molecule has 0 saturated heterocycles. The van der Waals surface area contributed by atoms with Crippen molar-refractivity contribution in [3.8, 4) is 23.3 Å². The Hall–Kier alpha value is -2.98. The Morgan fingerprint density at radius 3 is 2.50 bits per heavy atom. The van der Waals surface area contributed by atoms with Gasteiger partial charge in [-0.3, -0.25) is 4.79 Å². The van der Waals surface area contributed by atoms with Gasteiger partial charge >= 0.3 is 0 Å². The summed E-state index contributed by atoms with van der Waals surface area (Å²) < 4.78 is 16.8. The van der Waals surface area contributed by atoms with Crippen molar-refractivity contribution in [2.75, 3.05) is 26.1 Å². The molecule has 7 heteroatoms. The lowest BCUT2D eigenvalue weighted by Gasteiger charge is -2.13. The first-order valence-electron chi connectivity index (χ1n) is 8.59. The van der Waals surface area contributed by atoms with E-state index >= 15 is 0 Å². The average Bonchev–Trinajstić information content (AvgIpc) is 2.71. The molecule has 146 valence electrons. The van der Waals surface area contributed by atoms with E-state index in [1.165, 1.54) is 13.2 Å². The normalized spacial score (nSPS) is 10.8. The Kier molecular flexibility index (Phi) is 7.90. The van der Waals surface area contributed by atoms with Gasteiger partial charge in [-0.1, -0.05) is 6.92 Å². The molecule has 2 rings (SSSR count). The summed E-state index contributed by atoms with van der Waals surface area (Å²) in [5.41, 5.74) is 1.16. The number of amides is 1. The van der Waals surface area contributed by atoms with Crippen LogP contribution in [-0.4, -0.2) is 26.7 Å². The fourth-order valence-corrected chi connectivity index (χ4v) is 2.93. The smallest absolute Gasteiger partial charge is 0.266 e. The van der Waals surface area contributed by atoms with Crippen LogP contribution < -0.4 is 19.5 Å². The third-order valence-electron chi connectivity index (χ3n) is 3.73. The molecule has 0 bridgehead atoms. The highest BCUT2D eigenvalue weighted by molar-refractivity contribution is 9.10. The van der Waals surface area contributed by atoms with Crippen LogP contribution in [0.2, 0.25) is 0 Å². The minimum Gasteiger partial charge on any atom is -0.497 e. The standard InChI is InChI=1S/C21H21BrN2O4/c1-4-9-28-20-18(22)11-14(12-19(20)27-3)10-15(13-23)21(25)24-16-5-7-17(26-2)8-6-16/h5-8,10-12H,4,9H2,1-3H3,(H,24,25)/b15-10-. The Balaban J connectivity index is 2.26. The van der Waals surface area contributed by atoms with Crippen LogP contribution in [0.4, 0.5) is 5.69 Å². The van der Waals surface area contributed by atoms with Gasteiger partial charge in [0, 0.05) is 5.69 Å². The predicted octanol–water partition coefficient (Wildman–Crippen LogP) is 4.80. The molecule has 0 unspecified atom stereocenters. The zero-order valence-corrected chi connectivity index (χ0v) is 17.5. The van der Waals surface area contributed by atoms with Gasteiger partial charge in [-0.25, -0.2) is 0 Å². The van der Waals surface area contributed by atoms with Crippen molar-refractivity contribution < 1.29 is 19.0 Å². The van der Waals surface area contributed by atoms with Gasteiger partial charge in [-0.05, 0) is 70.4 Å². The van der Waals surface area contributed by atoms with Gasteiger partial charge < -0.3 is 19.5 Å². The summed E-state index contributed by atoms with van der Waals surface area (Å²) in [7, 11) is 3.10. The second kappa shape index (κ2) is 10.4. The number of anilines is 1. The molecule has 2 aromatic carbocycles. The zero-order chi connectivity index (χ0) is 20.5. The number of ether oxygens (including phenoxy) is 3. The van der Waals surface area contributed by atoms with E-state index in [2.05, 4.69) is 21.2 Å². The number of carbonyl (C=O) groups is 1. The Labute approximate surface area is 172 Å². The highest BCUT2D eigenvalue weighted by Gasteiger charge is 2.14. The lowest BCUT2D eigenvalue weighted by molar-refractivity contribution is -0.112. The minimum atomic E-state index is -0.505. The minimum absolute atomic E-state index is 0.0352. The SMILES string of the molecule is CCCOc1c(Br)cc(/C=C(/C#N)C(=O)Nc2ccc(OC)cc2)cc1OC. The number of methoxy groups -OCH3 is 2. The number of hydrogen-bond acceptors (Lipinski definition) is 5. The van der Waals surface area contributed by atoms with Crippen molar-refractivity contribution in [2.45, 2.75) is 13.3 Å². The first-order valence-corrected chi connectivity index (χ1v) is 9.39. The van der Waals surface area contributed by atoms with Crippen LogP contribution in [-0.2, 0) is 4.79 Å². The molecule has 0 fully saturated rings. The fourth-order valence-electron chi connectivity index (χ4n) is 2.36. The molecule has 0 heterocycles. The quantitative estimate of drug-likeness (QED) is 0.467. The van der Waals surface area contributed by atoms with Crippen LogP contribution in [0.25, 0.3) is 6.08 Å². The largest absolute Gasteiger partial charge is 0.497 e. The first-order chi connectivity index (χ1) is 13.5. The highest BCUT2D eigenvalue weighted by Crippen LogP contribution is 2.37. The van der Waals surface area contributed by atoms with E-state index in [-0.39, 0.29) is 5.57 Å². The second-order valence-electron chi connectivity index (χ2n) is 5.74. The molecule has 0 saturated carbocycles. The molecule has 0 radical (unpaired) electrons. The average molecular weight is 445 g/mol. The van der Waals surface area contributed by atoms with Gasteiger partial charge in [-0.15, -0.1) is 0 Å². The number of benzene rings is 2. The summed E-state index contributed by atoms with van der Waals surface area (Å²) in [6.45, 7) is 2.57. The molecule has 28 heavy (non-hydrogen) atoms. The maximum Gasteiger partial charge on any atom is 0.266 e. The van der Waals surface area contributed by atoms with E-state index in [0.29, 0.717) is 39.6 Å². The summed E-state index contributed by atoms with van der Waals surface area (Å²) >= 11 is 3.46. The Morgan fingerprint density at radius 2 is 1.93 bits per heavy atom. The van der Waals surface area contributed by atoms with Gasteiger partial charge in [0.25, 0.3) is 5.91 Å². The summed E-state index contributed by atoms with van der Waals surface area (Å²) in [5.74, 6) is 1.27. The fraction of sp³-hybridized carbons (Fsp3) is 0.238. The molecule has 1 N–H and O–H groups in total. The van der Waals surface area contributed by atoms with Crippen LogP contribution in [0.3, 0.4) is 0 Å². The van der Waals surface area contributed by atoms with Crippen molar-refractivity contribution in [1.82, 2.24) is 0 Å². The lowest BCUT2D eigenvalue weighted by atomic mass is 10.1. The van der Waals surface area contributed by atoms with Crippen LogP contribution >= 0.6 is 15.9 Å². The first kappa shape index (κ1) is 21.3. The third kappa shape index (κ3) is 5.51. The van der Waals surface area contributed by atoms with Crippen molar-refractivity contribution in [1.29, 1.82) is 5.26 Å². The summed E-state index contributed by atoms with van der Waals surface area (Å²) in [5, 5.41) is 12.1. The molecule has 0 aromatic heterocycles. The summed E-state index contributed by atoms with van der Waals surface area (Å²) in [6.07, 6.45) is 2.36. The Morgan fingerprint density at radius 1 is 1.21 bits per heavy atom. The van der Waals surface area contributed by atoms with Crippen molar-refractivity contribution >= 4 is 33.6 Å². The van der Waals surface area contributed by atoms with E-state index in [9.17, 15) is 10.1 Å².